The Labute approximate surface area is 152 Å². The first-order chi connectivity index (χ1) is 12.5. The molecule has 0 spiro atoms. The van der Waals surface area contributed by atoms with E-state index in [0.29, 0.717) is 0 Å². The number of halogens is 6. The molecule has 0 bridgehead atoms. The second-order valence-electron chi connectivity index (χ2n) is 5.65. The van der Waals surface area contributed by atoms with Gasteiger partial charge < -0.3 is 4.40 Å². The van der Waals surface area contributed by atoms with Crippen molar-refractivity contribution in [1.29, 1.82) is 0 Å². The number of aromatic nitrogens is 2. The number of benzene rings is 1. The topological polar surface area (TPSA) is 34.4 Å². The Morgan fingerprint density at radius 1 is 0.963 bits per heavy atom. The normalized spacial score (nSPS) is 13.9. The maximum atomic E-state index is 13.0. The molecule has 1 atom stereocenters. The van der Waals surface area contributed by atoms with Crippen molar-refractivity contribution in [2.75, 3.05) is 5.75 Å². The molecule has 10 heteroatoms. The Balaban J connectivity index is 2.16. The SMILES string of the molecule is CCS(=O)c1cc(C(F)(F)F)ccc1-c1cn2cc(C(F)(F)F)ccc2n1. The Kier molecular flexibility index (Phi) is 4.79. The standard InChI is InChI=1S/C17H12F6N2OS/c1-2-27(26)14-7-10(16(18,19)20)3-5-12(14)13-9-25-8-11(17(21,22)23)4-6-15(25)24-13/h3-9H,2H2,1H3. The lowest BCUT2D eigenvalue weighted by Gasteiger charge is -2.11. The lowest BCUT2D eigenvalue weighted by Crippen LogP contribution is -2.07. The molecule has 3 aromatic rings. The molecule has 3 nitrogen and oxygen atoms in total. The van der Waals surface area contributed by atoms with Gasteiger partial charge in [0.05, 0.1) is 27.6 Å². The van der Waals surface area contributed by atoms with E-state index in [1.807, 2.05) is 0 Å². The molecule has 27 heavy (non-hydrogen) atoms. The fraction of sp³-hybridized carbons (Fsp3) is 0.235. The molecule has 0 aliphatic rings. The summed E-state index contributed by atoms with van der Waals surface area (Å²) < 4.78 is 90.8. The summed E-state index contributed by atoms with van der Waals surface area (Å²) in [5.41, 5.74) is -1.33. The van der Waals surface area contributed by atoms with Gasteiger partial charge in [-0.15, -0.1) is 0 Å². The summed E-state index contributed by atoms with van der Waals surface area (Å²) in [5.74, 6) is 0.0832. The highest BCUT2D eigenvalue weighted by atomic mass is 32.2. The number of fused-ring (bicyclic) bond motifs is 1. The highest BCUT2D eigenvalue weighted by Crippen LogP contribution is 2.35. The Bertz CT molecular complexity index is 1020. The first-order valence-corrected chi connectivity index (χ1v) is 8.98. The first-order valence-electron chi connectivity index (χ1n) is 7.66. The van der Waals surface area contributed by atoms with E-state index in [9.17, 15) is 30.6 Å². The van der Waals surface area contributed by atoms with Gasteiger partial charge in [-0.3, -0.25) is 4.21 Å². The number of nitrogens with zero attached hydrogens (tertiary/aromatic N) is 2. The quantitative estimate of drug-likeness (QED) is 0.563. The molecule has 0 N–H and O–H groups in total. The lowest BCUT2D eigenvalue weighted by atomic mass is 10.1. The van der Waals surface area contributed by atoms with Crippen LogP contribution >= 0.6 is 0 Å². The third kappa shape index (κ3) is 3.85. The van der Waals surface area contributed by atoms with Crippen LogP contribution in [0.5, 0.6) is 0 Å². The van der Waals surface area contributed by atoms with Gasteiger partial charge in [0.2, 0.25) is 0 Å². The van der Waals surface area contributed by atoms with Crippen LogP contribution in [0, 0.1) is 0 Å². The third-order valence-corrected chi connectivity index (χ3v) is 5.22. The monoisotopic (exact) mass is 406 g/mol. The molecule has 2 aromatic heterocycles. The first kappa shape index (κ1) is 19.4. The van der Waals surface area contributed by atoms with E-state index in [0.717, 1.165) is 40.9 Å². The zero-order valence-corrected chi connectivity index (χ0v) is 14.5. The average Bonchev–Trinajstić information content (AvgIpc) is 3.02. The van der Waals surface area contributed by atoms with Crippen molar-refractivity contribution in [3.05, 3.63) is 53.9 Å². The van der Waals surface area contributed by atoms with Crippen LogP contribution < -0.4 is 0 Å². The zero-order valence-electron chi connectivity index (χ0n) is 13.7. The van der Waals surface area contributed by atoms with E-state index in [-0.39, 0.29) is 27.6 Å². The second kappa shape index (κ2) is 6.66. The molecule has 0 fully saturated rings. The van der Waals surface area contributed by atoms with Crippen LogP contribution in [0.25, 0.3) is 16.9 Å². The van der Waals surface area contributed by atoms with Gasteiger partial charge in [-0.1, -0.05) is 13.0 Å². The van der Waals surface area contributed by atoms with Crippen LogP contribution in [-0.4, -0.2) is 19.3 Å². The molecule has 0 amide bonds. The predicted molar refractivity (Wildman–Crippen MR) is 87.6 cm³/mol. The number of alkyl halides is 6. The molecule has 1 unspecified atom stereocenters. The molecule has 3 rings (SSSR count). The number of hydrogen-bond acceptors (Lipinski definition) is 2. The van der Waals surface area contributed by atoms with Crippen LogP contribution in [0.2, 0.25) is 0 Å². The number of imidazole rings is 1. The largest absolute Gasteiger partial charge is 0.417 e. The molecule has 0 saturated carbocycles. The van der Waals surface area contributed by atoms with Crippen LogP contribution in [0.4, 0.5) is 26.3 Å². The molecule has 0 radical (unpaired) electrons. The molecule has 1 aromatic carbocycles. The van der Waals surface area contributed by atoms with Crippen LogP contribution in [0.15, 0.2) is 47.6 Å². The van der Waals surface area contributed by atoms with Crippen molar-refractivity contribution < 1.29 is 30.6 Å². The van der Waals surface area contributed by atoms with Crippen LogP contribution in [0.3, 0.4) is 0 Å². The fourth-order valence-corrected chi connectivity index (χ4v) is 3.53. The Morgan fingerprint density at radius 2 is 1.59 bits per heavy atom. The third-order valence-electron chi connectivity index (χ3n) is 3.87. The maximum absolute atomic E-state index is 13.0. The fourth-order valence-electron chi connectivity index (χ4n) is 2.54. The van der Waals surface area contributed by atoms with Crippen molar-refractivity contribution in [2.45, 2.75) is 24.2 Å². The van der Waals surface area contributed by atoms with E-state index in [1.165, 1.54) is 6.20 Å². The zero-order chi connectivity index (χ0) is 20.0. The number of hydrogen-bond donors (Lipinski definition) is 0. The summed E-state index contributed by atoms with van der Waals surface area (Å²) in [4.78, 5) is 4.09. The van der Waals surface area contributed by atoms with Gasteiger partial charge in [0.1, 0.15) is 5.65 Å². The van der Waals surface area contributed by atoms with E-state index in [1.54, 1.807) is 6.92 Å². The average molecular weight is 406 g/mol. The van der Waals surface area contributed by atoms with E-state index in [4.69, 9.17) is 0 Å². The van der Waals surface area contributed by atoms with Gasteiger partial charge in [0, 0.05) is 28.6 Å². The number of rotatable bonds is 3. The molecular weight excluding hydrogens is 394 g/mol. The minimum atomic E-state index is -4.61. The summed E-state index contributed by atoms with van der Waals surface area (Å²) in [7, 11) is -1.72. The Morgan fingerprint density at radius 3 is 2.19 bits per heavy atom. The summed E-state index contributed by atoms with van der Waals surface area (Å²) in [5, 5.41) is 0. The lowest BCUT2D eigenvalue weighted by molar-refractivity contribution is -0.138. The minimum Gasteiger partial charge on any atom is -0.306 e. The van der Waals surface area contributed by atoms with Gasteiger partial charge in [0.25, 0.3) is 0 Å². The minimum absolute atomic E-state index is 0.0632. The van der Waals surface area contributed by atoms with E-state index >= 15 is 0 Å². The summed E-state index contributed by atoms with van der Waals surface area (Å²) >= 11 is 0. The molecule has 144 valence electrons. The summed E-state index contributed by atoms with van der Waals surface area (Å²) in [6.07, 6.45) is -7.04. The smallest absolute Gasteiger partial charge is 0.306 e. The van der Waals surface area contributed by atoms with E-state index in [2.05, 4.69) is 4.98 Å². The van der Waals surface area contributed by atoms with Crippen molar-refractivity contribution in [3.8, 4) is 11.3 Å². The molecule has 2 heterocycles. The van der Waals surface area contributed by atoms with Crippen molar-refractivity contribution in [2.24, 2.45) is 0 Å². The summed E-state index contributed by atoms with van der Waals surface area (Å²) in [6.45, 7) is 1.55. The second-order valence-corrected chi connectivity index (χ2v) is 7.36. The number of pyridine rings is 1. The van der Waals surface area contributed by atoms with Crippen molar-refractivity contribution in [3.63, 3.8) is 0 Å². The van der Waals surface area contributed by atoms with Crippen molar-refractivity contribution in [1.82, 2.24) is 9.38 Å². The van der Waals surface area contributed by atoms with E-state index < -0.39 is 34.3 Å². The van der Waals surface area contributed by atoms with Gasteiger partial charge >= 0.3 is 12.4 Å². The van der Waals surface area contributed by atoms with Gasteiger partial charge in [-0.05, 0) is 24.3 Å². The highest BCUT2D eigenvalue weighted by molar-refractivity contribution is 7.85. The highest BCUT2D eigenvalue weighted by Gasteiger charge is 2.32. The van der Waals surface area contributed by atoms with Crippen LogP contribution in [0.1, 0.15) is 18.1 Å². The maximum Gasteiger partial charge on any atom is 0.417 e. The van der Waals surface area contributed by atoms with Gasteiger partial charge in [-0.2, -0.15) is 26.3 Å². The van der Waals surface area contributed by atoms with Crippen LogP contribution in [-0.2, 0) is 23.2 Å². The van der Waals surface area contributed by atoms with Gasteiger partial charge in [0.15, 0.2) is 0 Å². The molecule has 0 aliphatic heterocycles. The molecule has 0 aliphatic carbocycles. The van der Waals surface area contributed by atoms with Gasteiger partial charge in [-0.25, -0.2) is 4.98 Å². The molecular formula is C17H12F6N2OS. The molecule has 0 saturated heterocycles. The predicted octanol–water partition coefficient (Wildman–Crippen LogP) is 5.17. The Hall–Kier alpha value is -2.36. The van der Waals surface area contributed by atoms with Crippen molar-refractivity contribution >= 4 is 16.4 Å². The summed E-state index contributed by atoms with van der Waals surface area (Å²) in [6, 6.07) is 4.78.